The highest BCUT2D eigenvalue weighted by atomic mass is 16.5. The molecule has 0 radical (unpaired) electrons. The summed E-state index contributed by atoms with van der Waals surface area (Å²) in [5.74, 6) is 0.0225. The third-order valence-electron chi connectivity index (χ3n) is 2.47. The second kappa shape index (κ2) is 14.3. The second-order valence-electron chi connectivity index (χ2n) is 5.42. The van der Waals surface area contributed by atoms with Gasteiger partial charge in [0.15, 0.2) is 0 Å². The van der Waals surface area contributed by atoms with Gasteiger partial charge in [-0.25, -0.2) is 0 Å². The van der Waals surface area contributed by atoms with Crippen LogP contribution in [0, 0.1) is 0 Å². The minimum atomic E-state index is 0.0225. The van der Waals surface area contributed by atoms with E-state index in [0.29, 0.717) is 52.1 Å². The number of hydrogen-bond donors (Lipinski definition) is 2. The molecule has 0 saturated carbocycles. The lowest BCUT2D eigenvalue weighted by molar-refractivity contribution is -0.122. The van der Waals surface area contributed by atoms with Crippen LogP contribution in [0.4, 0.5) is 0 Å². The first-order valence-corrected chi connectivity index (χ1v) is 7.78. The SMILES string of the molecule is CC(C)NCCOCCOCCOCCC(=O)NC(C)C. The minimum absolute atomic E-state index is 0.0225. The highest BCUT2D eigenvalue weighted by Crippen LogP contribution is 1.87. The van der Waals surface area contributed by atoms with Gasteiger partial charge in [-0.1, -0.05) is 13.8 Å². The molecule has 21 heavy (non-hydrogen) atoms. The fourth-order valence-electron chi connectivity index (χ4n) is 1.52. The summed E-state index contributed by atoms with van der Waals surface area (Å²) in [7, 11) is 0. The van der Waals surface area contributed by atoms with Crippen molar-refractivity contribution in [2.24, 2.45) is 0 Å². The Bertz CT molecular complexity index is 248. The van der Waals surface area contributed by atoms with Crippen LogP contribution in [0.1, 0.15) is 34.1 Å². The van der Waals surface area contributed by atoms with Crippen LogP contribution in [0.5, 0.6) is 0 Å². The first kappa shape index (κ1) is 20.3. The lowest BCUT2D eigenvalue weighted by Gasteiger charge is -2.09. The van der Waals surface area contributed by atoms with Crippen molar-refractivity contribution in [1.82, 2.24) is 10.6 Å². The Kier molecular flexibility index (Phi) is 13.8. The molecule has 0 aliphatic rings. The van der Waals surface area contributed by atoms with Gasteiger partial charge < -0.3 is 24.8 Å². The maximum absolute atomic E-state index is 11.3. The van der Waals surface area contributed by atoms with Crippen molar-refractivity contribution in [2.75, 3.05) is 46.2 Å². The Morgan fingerprint density at radius 3 is 1.86 bits per heavy atom. The van der Waals surface area contributed by atoms with E-state index in [-0.39, 0.29) is 11.9 Å². The summed E-state index contributed by atoms with van der Waals surface area (Å²) < 4.78 is 16.1. The highest BCUT2D eigenvalue weighted by molar-refractivity contribution is 5.76. The fraction of sp³-hybridized carbons (Fsp3) is 0.933. The molecule has 0 aliphatic carbocycles. The molecular weight excluding hydrogens is 272 g/mol. The highest BCUT2D eigenvalue weighted by Gasteiger charge is 2.02. The quantitative estimate of drug-likeness (QED) is 0.468. The van der Waals surface area contributed by atoms with Gasteiger partial charge >= 0.3 is 0 Å². The van der Waals surface area contributed by atoms with Gasteiger partial charge in [-0.15, -0.1) is 0 Å². The van der Waals surface area contributed by atoms with E-state index in [0.717, 1.165) is 6.54 Å². The zero-order valence-corrected chi connectivity index (χ0v) is 13.9. The first-order chi connectivity index (χ1) is 10.0. The van der Waals surface area contributed by atoms with Gasteiger partial charge in [-0.2, -0.15) is 0 Å². The van der Waals surface area contributed by atoms with Gasteiger partial charge in [0.05, 0.1) is 39.6 Å². The number of carbonyl (C=O) groups excluding carboxylic acids is 1. The van der Waals surface area contributed by atoms with Crippen LogP contribution in [-0.4, -0.2) is 64.2 Å². The van der Waals surface area contributed by atoms with Crippen LogP contribution in [-0.2, 0) is 19.0 Å². The standard InChI is InChI=1S/C15H32N2O4/c1-13(2)16-6-8-20-10-12-21-11-9-19-7-5-15(18)17-14(3)4/h13-14,16H,5-12H2,1-4H3,(H,17,18). The largest absolute Gasteiger partial charge is 0.379 e. The number of nitrogens with one attached hydrogen (secondary N) is 2. The molecule has 6 heteroatoms. The minimum Gasteiger partial charge on any atom is -0.379 e. The first-order valence-electron chi connectivity index (χ1n) is 7.78. The molecule has 2 N–H and O–H groups in total. The molecule has 0 spiro atoms. The van der Waals surface area contributed by atoms with E-state index in [9.17, 15) is 4.79 Å². The van der Waals surface area contributed by atoms with Crippen molar-refractivity contribution in [3.8, 4) is 0 Å². The molecule has 0 aromatic carbocycles. The Morgan fingerprint density at radius 2 is 1.33 bits per heavy atom. The van der Waals surface area contributed by atoms with Gasteiger partial charge in [0.1, 0.15) is 0 Å². The Balaban J connectivity index is 3.11. The van der Waals surface area contributed by atoms with E-state index in [1.807, 2.05) is 13.8 Å². The molecule has 126 valence electrons. The van der Waals surface area contributed by atoms with Crippen molar-refractivity contribution in [3.63, 3.8) is 0 Å². The van der Waals surface area contributed by atoms with E-state index in [4.69, 9.17) is 14.2 Å². The molecular formula is C15H32N2O4. The van der Waals surface area contributed by atoms with Crippen LogP contribution in [0.2, 0.25) is 0 Å². The van der Waals surface area contributed by atoms with Crippen LogP contribution >= 0.6 is 0 Å². The van der Waals surface area contributed by atoms with E-state index in [2.05, 4.69) is 24.5 Å². The van der Waals surface area contributed by atoms with E-state index < -0.39 is 0 Å². The molecule has 0 aromatic heterocycles. The van der Waals surface area contributed by atoms with Crippen LogP contribution in [0.25, 0.3) is 0 Å². The fourth-order valence-corrected chi connectivity index (χ4v) is 1.52. The summed E-state index contributed by atoms with van der Waals surface area (Å²) in [6.45, 7) is 12.3. The molecule has 0 atom stereocenters. The molecule has 6 nitrogen and oxygen atoms in total. The van der Waals surface area contributed by atoms with Crippen LogP contribution in [0.3, 0.4) is 0 Å². The predicted molar refractivity (Wildman–Crippen MR) is 83.5 cm³/mol. The Hall–Kier alpha value is -0.690. The smallest absolute Gasteiger partial charge is 0.222 e. The van der Waals surface area contributed by atoms with Gasteiger partial charge in [0, 0.05) is 25.0 Å². The number of hydrogen-bond acceptors (Lipinski definition) is 5. The molecule has 0 unspecified atom stereocenters. The maximum Gasteiger partial charge on any atom is 0.222 e. The molecule has 0 fully saturated rings. The predicted octanol–water partition coefficient (Wildman–Crippen LogP) is 0.949. The molecule has 0 rings (SSSR count). The molecule has 0 saturated heterocycles. The molecule has 1 amide bonds. The summed E-state index contributed by atoms with van der Waals surface area (Å²) in [6, 6.07) is 0.668. The Morgan fingerprint density at radius 1 is 0.810 bits per heavy atom. The zero-order chi connectivity index (χ0) is 15.9. The number of amides is 1. The topological polar surface area (TPSA) is 68.8 Å². The summed E-state index contributed by atoms with van der Waals surface area (Å²) in [5, 5.41) is 6.09. The van der Waals surface area contributed by atoms with Crippen molar-refractivity contribution >= 4 is 5.91 Å². The lowest BCUT2D eigenvalue weighted by Crippen LogP contribution is -2.30. The van der Waals surface area contributed by atoms with Crippen molar-refractivity contribution in [2.45, 2.75) is 46.2 Å². The van der Waals surface area contributed by atoms with Crippen molar-refractivity contribution in [1.29, 1.82) is 0 Å². The third kappa shape index (κ3) is 17.3. The zero-order valence-electron chi connectivity index (χ0n) is 13.9. The van der Waals surface area contributed by atoms with E-state index in [1.54, 1.807) is 0 Å². The van der Waals surface area contributed by atoms with Gasteiger partial charge in [0.25, 0.3) is 0 Å². The number of ether oxygens (including phenoxy) is 3. The van der Waals surface area contributed by atoms with E-state index in [1.165, 1.54) is 0 Å². The summed E-state index contributed by atoms with van der Waals surface area (Å²) in [6.07, 6.45) is 0.393. The van der Waals surface area contributed by atoms with Crippen LogP contribution < -0.4 is 10.6 Å². The summed E-state index contributed by atoms with van der Waals surface area (Å²) in [5.41, 5.74) is 0. The average molecular weight is 304 g/mol. The van der Waals surface area contributed by atoms with Gasteiger partial charge in [-0.05, 0) is 13.8 Å². The monoisotopic (exact) mass is 304 g/mol. The third-order valence-corrected chi connectivity index (χ3v) is 2.47. The second-order valence-corrected chi connectivity index (χ2v) is 5.42. The molecule has 0 aromatic rings. The number of rotatable bonds is 14. The summed E-state index contributed by atoms with van der Waals surface area (Å²) >= 11 is 0. The molecule has 0 aliphatic heterocycles. The maximum atomic E-state index is 11.3. The van der Waals surface area contributed by atoms with Crippen LogP contribution in [0.15, 0.2) is 0 Å². The normalized spacial score (nSPS) is 11.3. The van der Waals surface area contributed by atoms with Gasteiger partial charge in [-0.3, -0.25) is 4.79 Å². The van der Waals surface area contributed by atoms with Gasteiger partial charge in [0.2, 0.25) is 5.91 Å². The van der Waals surface area contributed by atoms with E-state index >= 15 is 0 Å². The molecule has 0 bridgehead atoms. The lowest BCUT2D eigenvalue weighted by atomic mass is 10.3. The Labute approximate surface area is 128 Å². The number of carbonyl (C=O) groups is 1. The molecule has 0 heterocycles. The van der Waals surface area contributed by atoms with Crippen molar-refractivity contribution < 1.29 is 19.0 Å². The van der Waals surface area contributed by atoms with Crippen molar-refractivity contribution in [3.05, 3.63) is 0 Å². The summed E-state index contributed by atoms with van der Waals surface area (Å²) in [4.78, 5) is 11.3. The average Bonchev–Trinajstić information content (AvgIpc) is 2.38.